The zero-order valence-electron chi connectivity index (χ0n) is 7.01. The number of hydrogen-bond acceptors (Lipinski definition) is 2. The van der Waals surface area contributed by atoms with Crippen LogP contribution in [-0.4, -0.2) is 17.8 Å². The quantitative estimate of drug-likeness (QED) is 0.581. The van der Waals surface area contributed by atoms with Gasteiger partial charge in [-0.1, -0.05) is 13.8 Å². The summed E-state index contributed by atoms with van der Waals surface area (Å²) < 4.78 is 0. The van der Waals surface area contributed by atoms with Crippen molar-refractivity contribution in [3.05, 3.63) is 0 Å². The molecule has 0 bridgehead atoms. The van der Waals surface area contributed by atoms with Crippen LogP contribution in [0.5, 0.6) is 0 Å². The molecule has 1 aliphatic rings. The Morgan fingerprint density at radius 1 is 1.40 bits per heavy atom. The number of hydrogen-bond donors (Lipinski definition) is 2. The van der Waals surface area contributed by atoms with Gasteiger partial charge in [-0.15, -0.1) is 0 Å². The second kappa shape index (κ2) is 5.69. The fraction of sp³-hybridized carbons (Fsp3) is 1.00. The molecule has 3 N–H and O–H groups in total. The molecule has 1 rings (SSSR count). The van der Waals surface area contributed by atoms with Crippen molar-refractivity contribution in [1.29, 1.82) is 0 Å². The zero-order chi connectivity index (χ0) is 7.98. The Kier molecular flexibility index (Phi) is 5.64. The van der Waals surface area contributed by atoms with E-state index in [0.29, 0.717) is 18.6 Å². The Morgan fingerprint density at radius 3 is 2.20 bits per heavy atom. The summed E-state index contributed by atoms with van der Waals surface area (Å²) in [7, 11) is 0. The third-order valence-corrected chi connectivity index (χ3v) is 1.84. The van der Waals surface area contributed by atoms with Gasteiger partial charge in [0.1, 0.15) is 0 Å². The Bertz CT molecular complexity index is 75.7. The predicted molar refractivity (Wildman–Crippen MR) is 43.8 cm³/mol. The van der Waals surface area contributed by atoms with Gasteiger partial charge in [-0.05, 0) is 25.2 Å². The minimum absolute atomic E-state index is 0.327. The molecule has 10 heavy (non-hydrogen) atoms. The predicted octanol–water partition coefficient (Wildman–Crippen LogP) is 1.13. The van der Waals surface area contributed by atoms with Gasteiger partial charge in [-0.3, -0.25) is 0 Å². The van der Waals surface area contributed by atoms with Gasteiger partial charge in [-0.2, -0.15) is 0 Å². The van der Waals surface area contributed by atoms with Crippen molar-refractivity contribution >= 4 is 0 Å². The monoisotopic (exact) mass is 145 g/mol. The van der Waals surface area contributed by atoms with Crippen LogP contribution in [0.2, 0.25) is 0 Å². The van der Waals surface area contributed by atoms with Crippen molar-refractivity contribution in [2.24, 2.45) is 11.7 Å². The average molecular weight is 145 g/mol. The van der Waals surface area contributed by atoms with Gasteiger partial charge in [0.2, 0.25) is 0 Å². The van der Waals surface area contributed by atoms with Crippen LogP contribution in [0, 0.1) is 5.92 Å². The molecule has 2 heteroatoms. The lowest BCUT2D eigenvalue weighted by molar-refractivity contribution is 0.229. The fourth-order valence-corrected chi connectivity index (χ4v) is 1.28. The standard InChI is InChI=1S/C6H13NO.C2H6/c7-6-2-1-5(3-6)4-8;1-2/h5-6,8H,1-4,7H2;1-2H3. The molecule has 0 aromatic heterocycles. The van der Waals surface area contributed by atoms with Crippen LogP contribution >= 0.6 is 0 Å². The molecule has 0 amide bonds. The largest absolute Gasteiger partial charge is 0.396 e. The highest BCUT2D eigenvalue weighted by Gasteiger charge is 2.19. The summed E-state index contributed by atoms with van der Waals surface area (Å²) in [6.07, 6.45) is 3.25. The normalized spacial score (nSPS) is 31.2. The third-order valence-electron chi connectivity index (χ3n) is 1.84. The van der Waals surface area contributed by atoms with Crippen molar-refractivity contribution in [2.45, 2.75) is 39.2 Å². The van der Waals surface area contributed by atoms with Gasteiger partial charge < -0.3 is 10.8 Å². The molecule has 2 unspecified atom stereocenters. The van der Waals surface area contributed by atoms with Gasteiger partial charge >= 0.3 is 0 Å². The summed E-state index contributed by atoms with van der Waals surface area (Å²) in [5.41, 5.74) is 5.59. The molecule has 0 aromatic rings. The van der Waals surface area contributed by atoms with Gasteiger partial charge in [0.25, 0.3) is 0 Å². The summed E-state index contributed by atoms with van der Waals surface area (Å²) in [5.74, 6) is 0.505. The maximum atomic E-state index is 8.63. The molecule has 0 aromatic carbocycles. The Balaban J connectivity index is 0.000000371. The van der Waals surface area contributed by atoms with Crippen molar-refractivity contribution in [1.82, 2.24) is 0 Å². The molecule has 0 heterocycles. The maximum absolute atomic E-state index is 8.63. The Hall–Kier alpha value is -0.0800. The molecule has 62 valence electrons. The number of rotatable bonds is 1. The molecular weight excluding hydrogens is 126 g/mol. The first-order valence-electron chi connectivity index (χ1n) is 4.19. The van der Waals surface area contributed by atoms with Crippen molar-refractivity contribution in [3.63, 3.8) is 0 Å². The van der Waals surface area contributed by atoms with Gasteiger partial charge in [-0.25, -0.2) is 0 Å². The van der Waals surface area contributed by atoms with Crippen LogP contribution < -0.4 is 5.73 Å². The Labute approximate surface area is 63.4 Å². The van der Waals surface area contributed by atoms with Crippen LogP contribution in [0.4, 0.5) is 0 Å². The van der Waals surface area contributed by atoms with E-state index < -0.39 is 0 Å². The lowest BCUT2D eigenvalue weighted by Gasteiger charge is -2.01. The first-order valence-corrected chi connectivity index (χ1v) is 4.19. The van der Waals surface area contributed by atoms with E-state index >= 15 is 0 Å². The number of aliphatic hydroxyl groups is 1. The molecule has 0 aliphatic heterocycles. The first-order chi connectivity index (χ1) is 4.83. The number of nitrogens with two attached hydrogens (primary N) is 1. The zero-order valence-corrected chi connectivity index (χ0v) is 7.01. The fourth-order valence-electron chi connectivity index (χ4n) is 1.28. The van der Waals surface area contributed by atoms with Crippen LogP contribution in [0.1, 0.15) is 33.1 Å². The van der Waals surface area contributed by atoms with E-state index in [2.05, 4.69) is 0 Å². The van der Waals surface area contributed by atoms with E-state index in [0.717, 1.165) is 19.3 Å². The molecule has 1 aliphatic carbocycles. The van der Waals surface area contributed by atoms with Gasteiger partial charge in [0.05, 0.1) is 0 Å². The summed E-state index contributed by atoms with van der Waals surface area (Å²) in [6.45, 7) is 4.33. The first kappa shape index (κ1) is 9.92. The van der Waals surface area contributed by atoms with Crippen LogP contribution in [0.3, 0.4) is 0 Å². The highest BCUT2D eigenvalue weighted by molar-refractivity contribution is 4.76. The average Bonchev–Trinajstić information content (AvgIpc) is 2.40. The molecule has 1 fully saturated rings. The summed E-state index contributed by atoms with van der Waals surface area (Å²) in [6, 6.07) is 0.368. The van der Waals surface area contributed by atoms with E-state index in [4.69, 9.17) is 10.8 Å². The Morgan fingerprint density at radius 2 is 2.00 bits per heavy atom. The molecular formula is C8H19NO. The highest BCUT2D eigenvalue weighted by Crippen LogP contribution is 2.22. The highest BCUT2D eigenvalue weighted by atomic mass is 16.3. The molecule has 2 nitrogen and oxygen atoms in total. The number of aliphatic hydroxyl groups excluding tert-OH is 1. The molecule has 0 saturated heterocycles. The smallest absolute Gasteiger partial charge is 0.0459 e. The van der Waals surface area contributed by atoms with Gasteiger partial charge in [0.15, 0.2) is 0 Å². The van der Waals surface area contributed by atoms with E-state index in [9.17, 15) is 0 Å². The molecule has 1 saturated carbocycles. The minimum Gasteiger partial charge on any atom is -0.396 e. The summed E-state index contributed by atoms with van der Waals surface area (Å²) >= 11 is 0. The molecule has 0 spiro atoms. The third kappa shape index (κ3) is 3.18. The van der Waals surface area contributed by atoms with Crippen molar-refractivity contribution in [2.75, 3.05) is 6.61 Å². The van der Waals surface area contributed by atoms with Crippen LogP contribution in [0.15, 0.2) is 0 Å². The minimum atomic E-state index is 0.327. The molecule has 2 atom stereocenters. The second-order valence-electron chi connectivity index (χ2n) is 2.62. The lowest BCUT2D eigenvalue weighted by atomic mass is 10.1. The maximum Gasteiger partial charge on any atom is 0.0459 e. The second-order valence-corrected chi connectivity index (χ2v) is 2.62. The van der Waals surface area contributed by atoms with E-state index in [-0.39, 0.29) is 0 Å². The van der Waals surface area contributed by atoms with E-state index in [1.54, 1.807) is 0 Å². The van der Waals surface area contributed by atoms with Crippen LogP contribution in [-0.2, 0) is 0 Å². The van der Waals surface area contributed by atoms with Crippen LogP contribution in [0.25, 0.3) is 0 Å². The molecule has 0 radical (unpaired) electrons. The summed E-state index contributed by atoms with van der Waals surface area (Å²) in [4.78, 5) is 0. The topological polar surface area (TPSA) is 46.2 Å². The SMILES string of the molecule is CC.NC1CCC(CO)C1. The summed E-state index contributed by atoms with van der Waals surface area (Å²) in [5, 5.41) is 8.63. The van der Waals surface area contributed by atoms with Crippen molar-refractivity contribution in [3.8, 4) is 0 Å². The van der Waals surface area contributed by atoms with E-state index in [1.165, 1.54) is 0 Å². The lowest BCUT2D eigenvalue weighted by Crippen LogP contribution is -2.15. The van der Waals surface area contributed by atoms with E-state index in [1.807, 2.05) is 13.8 Å². The van der Waals surface area contributed by atoms with Crippen molar-refractivity contribution < 1.29 is 5.11 Å². The van der Waals surface area contributed by atoms with Gasteiger partial charge in [0, 0.05) is 12.6 Å².